The number of halogens is 1. The van der Waals surface area contributed by atoms with E-state index < -0.39 is 5.60 Å². The maximum absolute atomic E-state index is 13.7. The van der Waals surface area contributed by atoms with Crippen molar-refractivity contribution in [2.75, 3.05) is 19.7 Å². The largest absolute Gasteiger partial charge is 0.494 e. The van der Waals surface area contributed by atoms with Crippen molar-refractivity contribution in [2.24, 2.45) is 5.73 Å². The molecule has 0 radical (unpaired) electrons. The molecule has 1 aromatic carbocycles. The second-order valence-corrected chi connectivity index (χ2v) is 7.10. The molecule has 1 aliphatic rings. The zero-order valence-corrected chi connectivity index (χ0v) is 14.8. The predicted octanol–water partition coefficient (Wildman–Crippen LogP) is 3.28. The van der Waals surface area contributed by atoms with Crippen molar-refractivity contribution in [3.63, 3.8) is 0 Å². The molecule has 2 N–H and O–H groups in total. The standard InChI is InChI=1S/C18H27FN2O3/c1-5-23-16-7-6-12(19)10-14(16)13-8-9-21(11-15(13)20)17(22)24-18(2,3)4/h6-7,10,13,15H,5,8-9,11,20H2,1-4H3/t13-,15+/m0/s1. The van der Waals surface area contributed by atoms with Crippen LogP contribution in [0.5, 0.6) is 5.75 Å². The third-order valence-corrected chi connectivity index (χ3v) is 3.98. The summed E-state index contributed by atoms with van der Waals surface area (Å²) in [5.41, 5.74) is 6.52. The topological polar surface area (TPSA) is 64.8 Å². The lowest BCUT2D eigenvalue weighted by atomic mass is 9.85. The van der Waals surface area contributed by atoms with Crippen molar-refractivity contribution in [1.82, 2.24) is 4.90 Å². The smallest absolute Gasteiger partial charge is 0.410 e. The lowest BCUT2D eigenvalue weighted by molar-refractivity contribution is 0.0186. The molecule has 0 saturated carbocycles. The molecule has 1 saturated heterocycles. The molecule has 1 heterocycles. The molecule has 0 aliphatic carbocycles. The molecule has 0 bridgehead atoms. The van der Waals surface area contributed by atoms with Crippen molar-refractivity contribution in [3.05, 3.63) is 29.6 Å². The Kier molecular flexibility index (Phi) is 5.70. The lowest BCUT2D eigenvalue weighted by Crippen LogP contribution is -2.50. The molecule has 1 aromatic rings. The molecule has 2 atom stereocenters. The Morgan fingerprint density at radius 2 is 2.12 bits per heavy atom. The second-order valence-electron chi connectivity index (χ2n) is 7.10. The molecule has 0 spiro atoms. The zero-order valence-electron chi connectivity index (χ0n) is 14.8. The quantitative estimate of drug-likeness (QED) is 0.918. The highest BCUT2D eigenvalue weighted by Gasteiger charge is 2.33. The van der Waals surface area contributed by atoms with Gasteiger partial charge in [-0.3, -0.25) is 0 Å². The summed E-state index contributed by atoms with van der Waals surface area (Å²) in [5.74, 6) is 0.293. The van der Waals surface area contributed by atoms with Crippen LogP contribution in [0.2, 0.25) is 0 Å². The number of rotatable bonds is 3. The van der Waals surface area contributed by atoms with Gasteiger partial charge in [-0.05, 0) is 52.3 Å². The Labute approximate surface area is 142 Å². The van der Waals surface area contributed by atoms with Crippen molar-refractivity contribution < 1.29 is 18.7 Å². The minimum absolute atomic E-state index is 0.0547. The number of carbonyl (C=O) groups is 1. The highest BCUT2D eigenvalue weighted by atomic mass is 19.1. The molecule has 1 amide bonds. The molecule has 2 rings (SSSR count). The summed E-state index contributed by atoms with van der Waals surface area (Å²) in [5, 5.41) is 0. The summed E-state index contributed by atoms with van der Waals surface area (Å²) in [4.78, 5) is 13.8. The summed E-state index contributed by atoms with van der Waals surface area (Å²) in [6.45, 7) is 8.79. The van der Waals surface area contributed by atoms with Gasteiger partial charge < -0.3 is 20.1 Å². The highest BCUT2D eigenvalue weighted by molar-refractivity contribution is 5.68. The molecule has 0 unspecified atom stereocenters. The zero-order chi connectivity index (χ0) is 17.9. The number of nitrogens with two attached hydrogens (primary N) is 1. The van der Waals surface area contributed by atoms with Gasteiger partial charge in [0.1, 0.15) is 17.2 Å². The average molecular weight is 338 g/mol. The van der Waals surface area contributed by atoms with Crippen LogP contribution in [0.4, 0.5) is 9.18 Å². The third-order valence-electron chi connectivity index (χ3n) is 3.98. The summed E-state index contributed by atoms with van der Waals surface area (Å²) in [6.07, 6.45) is 0.282. The number of hydrogen-bond donors (Lipinski definition) is 1. The summed E-state index contributed by atoms with van der Waals surface area (Å²) in [6, 6.07) is 4.21. The van der Waals surface area contributed by atoms with Crippen molar-refractivity contribution in [2.45, 2.75) is 51.7 Å². The maximum Gasteiger partial charge on any atom is 0.410 e. The lowest BCUT2D eigenvalue weighted by Gasteiger charge is -2.38. The first-order chi connectivity index (χ1) is 11.2. The number of ether oxygens (including phenoxy) is 2. The van der Waals surface area contributed by atoms with E-state index >= 15 is 0 Å². The van der Waals surface area contributed by atoms with E-state index in [0.29, 0.717) is 31.9 Å². The second kappa shape index (κ2) is 7.38. The minimum atomic E-state index is -0.539. The van der Waals surface area contributed by atoms with Crippen molar-refractivity contribution in [1.29, 1.82) is 0 Å². The molecule has 1 aliphatic heterocycles. The van der Waals surface area contributed by atoms with Crippen LogP contribution in [0.15, 0.2) is 18.2 Å². The third kappa shape index (κ3) is 4.60. The van der Waals surface area contributed by atoms with Gasteiger partial charge in [0.05, 0.1) is 6.61 Å². The van der Waals surface area contributed by atoms with Crippen LogP contribution < -0.4 is 10.5 Å². The van der Waals surface area contributed by atoms with Gasteiger partial charge in [0, 0.05) is 30.6 Å². The Hall–Kier alpha value is -1.82. The van der Waals surface area contributed by atoms with Crippen LogP contribution in [0.25, 0.3) is 0 Å². The van der Waals surface area contributed by atoms with E-state index in [4.69, 9.17) is 15.2 Å². The molecule has 0 aromatic heterocycles. The first-order valence-corrected chi connectivity index (χ1v) is 8.37. The summed E-state index contributed by atoms with van der Waals surface area (Å²) >= 11 is 0. The number of benzene rings is 1. The normalized spacial score (nSPS) is 21.5. The van der Waals surface area contributed by atoms with Gasteiger partial charge >= 0.3 is 6.09 Å². The van der Waals surface area contributed by atoms with Crippen LogP contribution in [0.3, 0.4) is 0 Å². The Balaban J connectivity index is 2.11. The van der Waals surface area contributed by atoms with E-state index in [1.165, 1.54) is 12.1 Å². The SMILES string of the molecule is CCOc1ccc(F)cc1[C@@H]1CCN(C(=O)OC(C)(C)C)C[C@H]1N. The summed E-state index contributed by atoms with van der Waals surface area (Å²) in [7, 11) is 0. The van der Waals surface area contributed by atoms with E-state index in [1.54, 1.807) is 11.0 Å². The Bertz CT molecular complexity index is 586. The molecule has 1 fully saturated rings. The monoisotopic (exact) mass is 338 g/mol. The van der Waals surface area contributed by atoms with E-state index in [2.05, 4.69) is 0 Å². The van der Waals surface area contributed by atoms with Crippen LogP contribution >= 0.6 is 0 Å². The number of piperidine rings is 1. The summed E-state index contributed by atoms with van der Waals surface area (Å²) < 4.78 is 24.7. The molecule has 6 heteroatoms. The van der Waals surface area contributed by atoms with Gasteiger partial charge in [-0.25, -0.2) is 9.18 Å². The van der Waals surface area contributed by atoms with E-state index in [9.17, 15) is 9.18 Å². The number of nitrogens with zero attached hydrogens (tertiary/aromatic N) is 1. The predicted molar refractivity (Wildman–Crippen MR) is 90.7 cm³/mol. The molecular weight excluding hydrogens is 311 g/mol. The number of carbonyl (C=O) groups excluding carboxylic acids is 1. The van der Waals surface area contributed by atoms with E-state index in [-0.39, 0.29) is 23.9 Å². The number of amides is 1. The van der Waals surface area contributed by atoms with Gasteiger partial charge in [0.2, 0.25) is 0 Å². The van der Waals surface area contributed by atoms with E-state index in [0.717, 1.165) is 5.56 Å². The fourth-order valence-electron chi connectivity index (χ4n) is 2.96. The molecular formula is C18H27FN2O3. The van der Waals surface area contributed by atoms with Gasteiger partial charge in [-0.1, -0.05) is 0 Å². The molecule has 24 heavy (non-hydrogen) atoms. The van der Waals surface area contributed by atoms with Gasteiger partial charge in [-0.15, -0.1) is 0 Å². The van der Waals surface area contributed by atoms with Gasteiger partial charge in [0.25, 0.3) is 0 Å². The van der Waals surface area contributed by atoms with Gasteiger partial charge in [0.15, 0.2) is 0 Å². The fourth-order valence-corrected chi connectivity index (χ4v) is 2.96. The van der Waals surface area contributed by atoms with Crippen LogP contribution in [-0.4, -0.2) is 42.3 Å². The van der Waals surface area contributed by atoms with Crippen LogP contribution in [0, 0.1) is 5.82 Å². The van der Waals surface area contributed by atoms with Crippen molar-refractivity contribution in [3.8, 4) is 5.75 Å². The van der Waals surface area contributed by atoms with E-state index in [1.807, 2.05) is 27.7 Å². The Morgan fingerprint density at radius 1 is 1.42 bits per heavy atom. The highest BCUT2D eigenvalue weighted by Crippen LogP contribution is 2.34. The first kappa shape index (κ1) is 18.5. The van der Waals surface area contributed by atoms with Gasteiger partial charge in [-0.2, -0.15) is 0 Å². The van der Waals surface area contributed by atoms with Crippen LogP contribution in [0.1, 0.15) is 45.6 Å². The minimum Gasteiger partial charge on any atom is -0.494 e. The maximum atomic E-state index is 13.7. The van der Waals surface area contributed by atoms with Crippen LogP contribution in [-0.2, 0) is 4.74 Å². The first-order valence-electron chi connectivity index (χ1n) is 8.37. The Morgan fingerprint density at radius 3 is 2.71 bits per heavy atom. The average Bonchev–Trinajstić information content (AvgIpc) is 2.47. The van der Waals surface area contributed by atoms with Crippen molar-refractivity contribution >= 4 is 6.09 Å². The molecule has 5 nitrogen and oxygen atoms in total. The molecule has 134 valence electrons. The fraction of sp³-hybridized carbons (Fsp3) is 0.611. The number of likely N-dealkylation sites (tertiary alicyclic amines) is 1. The number of hydrogen-bond acceptors (Lipinski definition) is 4.